The predicted octanol–water partition coefficient (Wildman–Crippen LogP) is 3.69. The summed E-state index contributed by atoms with van der Waals surface area (Å²) in [6.07, 6.45) is 2.99. The van der Waals surface area contributed by atoms with Gasteiger partial charge in [0.15, 0.2) is 0 Å². The summed E-state index contributed by atoms with van der Waals surface area (Å²) >= 11 is 0. The van der Waals surface area contributed by atoms with E-state index in [1.807, 2.05) is 12.1 Å². The molecule has 0 saturated heterocycles. The van der Waals surface area contributed by atoms with Gasteiger partial charge in [-0.25, -0.2) is 0 Å². The quantitative estimate of drug-likeness (QED) is 0.579. The molecule has 0 N–H and O–H groups in total. The molecule has 0 radical (unpaired) electrons. The van der Waals surface area contributed by atoms with E-state index in [2.05, 4.69) is 44.9 Å². The van der Waals surface area contributed by atoms with Crippen molar-refractivity contribution < 1.29 is 0 Å². The number of aryl methyl sites for hydroxylation is 1. The molecule has 0 aliphatic heterocycles. The minimum Gasteiger partial charge on any atom is -0.106 e. The molecule has 0 heterocycles. The molecule has 1 rings (SSSR count). The molecule has 0 aliphatic carbocycles. The van der Waals surface area contributed by atoms with E-state index in [0.29, 0.717) is 0 Å². The Morgan fingerprint density at radius 3 is 2.25 bits per heavy atom. The second-order valence-electron chi connectivity index (χ2n) is 2.26. The van der Waals surface area contributed by atoms with Gasteiger partial charge in [-0.3, -0.25) is 0 Å². The molecule has 12 heavy (non-hydrogen) atoms. The Bertz CT molecular complexity index is 236. The molecule has 1 aromatic carbocycles. The van der Waals surface area contributed by atoms with E-state index in [4.69, 9.17) is 0 Å². The Kier molecular flexibility index (Phi) is 5.72. The molecule has 64 valence electrons. The van der Waals surface area contributed by atoms with E-state index in [-0.39, 0.29) is 0 Å². The van der Waals surface area contributed by atoms with Crippen LogP contribution in [0.2, 0.25) is 0 Å². The smallest absolute Gasteiger partial charge is 0.0231 e. The average molecular weight is 160 g/mol. The van der Waals surface area contributed by atoms with Crippen molar-refractivity contribution in [2.75, 3.05) is 0 Å². The van der Waals surface area contributed by atoms with Crippen molar-refractivity contribution in [1.29, 1.82) is 0 Å². The maximum absolute atomic E-state index is 3.74. The summed E-state index contributed by atoms with van der Waals surface area (Å²) < 4.78 is 0. The summed E-state index contributed by atoms with van der Waals surface area (Å²) in [5, 5.41) is 0. The molecular formula is C12H16. The molecule has 0 heteroatoms. The number of hydrogen-bond acceptors (Lipinski definition) is 0. The van der Waals surface area contributed by atoms with Crippen LogP contribution < -0.4 is 0 Å². The highest BCUT2D eigenvalue weighted by atomic mass is 14.0. The molecule has 0 aliphatic rings. The zero-order valence-corrected chi connectivity index (χ0v) is 7.72. The first kappa shape index (κ1) is 10.7. The number of hydrogen-bond donors (Lipinski definition) is 0. The zero-order valence-electron chi connectivity index (χ0n) is 7.72. The van der Waals surface area contributed by atoms with Crippen LogP contribution in [0.5, 0.6) is 0 Å². The lowest BCUT2D eigenvalue weighted by atomic mass is 10.1. The van der Waals surface area contributed by atoms with Gasteiger partial charge in [-0.05, 0) is 17.5 Å². The van der Waals surface area contributed by atoms with Crippen molar-refractivity contribution in [1.82, 2.24) is 0 Å². The third kappa shape index (κ3) is 2.75. The molecule has 0 amide bonds. The highest BCUT2D eigenvalue weighted by molar-refractivity contribution is 5.51. The molecule has 0 spiro atoms. The molecule has 0 nitrogen and oxygen atoms in total. The number of benzene rings is 1. The van der Waals surface area contributed by atoms with Gasteiger partial charge >= 0.3 is 0 Å². The Balaban J connectivity index is 0.000000561. The van der Waals surface area contributed by atoms with E-state index in [1.165, 1.54) is 11.1 Å². The molecule has 0 atom stereocenters. The topological polar surface area (TPSA) is 0 Å². The second kappa shape index (κ2) is 6.41. The zero-order chi connectivity index (χ0) is 9.40. The highest BCUT2D eigenvalue weighted by Gasteiger charge is 1.91. The summed E-state index contributed by atoms with van der Waals surface area (Å²) in [5.41, 5.74) is 2.63. The van der Waals surface area contributed by atoms with Crippen molar-refractivity contribution in [2.24, 2.45) is 0 Å². The minimum atomic E-state index is 1.09. The van der Waals surface area contributed by atoms with Crippen LogP contribution in [0.4, 0.5) is 0 Å². The fraction of sp³-hybridized carbons (Fsp3) is 0.167. The van der Waals surface area contributed by atoms with E-state index in [1.54, 1.807) is 0 Å². The molecule has 0 aromatic heterocycles. The summed E-state index contributed by atoms with van der Waals surface area (Å²) in [5.74, 6) is 0. The lowest BCUT2D eigenvalue weighted by Crippen LogP contribution is -1.83. The van der Waals surface area contributed by atoms with Crippen LogP contribution in [0, 0.1) is 0 Å². The average Bonchev–Trinajstić information content (AvgIpc) is 2.20. The third-order valence-corrected chi connectivity index (χ3v) is 1.66. The molecule has 1 aromatic rings. The van der Waals surface area contributed by atoms with E-state index >= 15 is 0 Å². The van der Waals surface area contributed by atoms with Crippen LogP contribution in [0.3, 0.4) is 0 Å². The first-order valence-electron chi connectivity index (χ1n) is 4.08. The first-order valence-corrected chi connectivity index (χ1v) is 4.08. The van der Waals surface area contributed by atoms with Gasteiger partial charge in [-0.2, -0.15) is 0 Å². The monoisotopic (exact) mass is 160 g/mol. The van der Waals surface area contributed by atoms with Crippen LogP contribution in [-0.4, -0.2) is 0 Å². The lowest BCUT2D eigenvalue weighted by Gasteiger charge is -1.99. The Morgan fingerprint density at radius 1 is 1.25 bits per heavy atom. The number of rotatable bonds is 2. The van der Waals surface area contributed by atoms with Gasteiger partial charge in [0.1, 0.15) is 0 Å². The fourth-order valence-electron chi connectivity index (χ4n) is 1.06. The summed E-state index contributed by atoms with van der Waals surface area (Å²) in [4.78, 5) is 0. The van der Waals surface area contributed by atoms with Gasteiger partial charge in [0.2, 0.25) is 0 Å². The summed E-state index contributed by atoms with van der Waals surface area (Å²) in [6, 6.07) is 8.32. The maximum atomic E-state index is 3.74. The molecule has 0 saturated carbocycles. The van der Waals surface area contributed by atoms with Crippen molar-refractivity contribution in [2.45, 2.75) is 13.3 Å². The van der Waals surface area contributed by atoms with Crippen LogP contribution in [0.1, 0.15) is 18.1 Å². The maximum Gasteiger partial charge on any atom is -0.0231 e. The van der Waals surface area contributed by atoms with Crippen molar-refractivity contribution in [3.8, 4) is 0 Å². The Morgan fingerprint density at radius 2 is 1.83 bits per heavy atom. The molecule has 0 unspecified atom stereocenters. The van der Waals surface area contributed by atoms with Gasteiger partial charge in [-0.1, -0.05) is 43.8 Å². The van der Waals surface area contributed by atoms with Crippen LogP contribution >= 0.6 is 0 Å². The lowest BCUT2D eigenvalue weighted by molar-refractivity contribution is 1.13. The van der Waals surface area contributed by atoms with Crippen molar-refractivity contribution in [3.63, 3.8) is 0 Å². The van der Waals surface area contributed by atoms with Gasteiger partial charge in [-0.15, -0.1) is 13.2 Å². The molecule has 0 fully saturated rings. The van der Waals surface area contributed by atoms with Crippen LogP contribution in [-0.2, 0) is 6.42 Å². The van der Waals surface area contributed by atoms with Crippen molar-refractivity contribution >= 4 is 6.08 Å². The van der Waals surface area contributed by atoms with E-state index in [0.717, 1.165) is 6.42 Å². The van der Waals surface area contributed by atoms with Gasteiger partial charge in [0.25, 0.3) is 0 Å². The Hall–Kier alpha value is -1.30. The summed E-state index contributed by atoms with van der Waals surface area (Å²) in [6.45, 7) is 11.9. The standard InChI is InChI=1S/C10H12.C2H4/c1-3-9-7-5-6-8-10(9)4-2;1-2/h3,5-8H,1,4H2,2H3;1-2H2. The third-order valence-electron chi connectivity index (χ3n) is 1.66. The Labute approximate surface area is 75.2 Å². The van der Waals surface area contributed by atoms with Gasteiger partial charge in [0, 0.05) is 0 Å². The minimum absolute atomic E-state index is 1.09. The SMILES string of the molecule is C=C.C=Cc1ccccc1CC. The van der Waals surface area contributed by atoms with E-state index in [9.17, 15) is 0 Å². The fourth-order valence-corrected chi connectivity index (χ4v) is 1.06. The first-order chi connectivity index (χ1) is 5.88. The molecule has 0 bridgehead atoms. The van der Waals surface area contributed by atoms with Crippen molar-refractivity contribution in [3.05, 3.63) is 55.1 Å². The normalized spacial score (nSPS) is 8.08. The van der Waals surface area contributed by atoms with Gasteiger partial charge in [0.05, 0.1) is 0 Å². The van der Waals surface area contributed by atoms with Crippen LogP contribution in [0.15, 0.2) is 44.0 Å². The predicted molar refractivity (Wildman–Crippen MR) is 57.2 cm³/mol. The molecular weight excluding hydrogens is 144 g/mol. The van der Waals surface area contributed by atoms with E-state index < -0.39 is 0 Å². The largest absolute Gasteiger partial charge is 0.106 e. The summed E-state index contributed by atoms with van der Waals surface area (Å²) in [7, 11) is 0. The van der Waals surface area contributed by atoms with Crippen LogP contribution in [0.25, 0.3) is 6.08 Å². The highest BCUT2D eigenvalue weighted by Crippen LogP contribution is 2.09. The van der Waals surface area contributed by atoms with Gasteiger partial charge < -0.3 is 0 Å². The second-order valence-corrected chi connectivity index (χ2v) is 2.26.